The van der Waals surface area contributed by atoms with Gasteiger partial charge in [-0.3, -0.25) is 4.79 Å². The molecule has 4 rings (SSSR count). The first-order chi connectivity index (χ1) is 15.6. The first-order valence-corrected chi connectivity index (χ1v) is 11.0. The van der Waals surface area contributed by atoms with E-state index in [1.54, 1.807) is 6.26 Å². The molecule has 0 bridgehead atoms. The molecule has 164 valence electrons. The number of rotatable bonds is 9. The summed E-state index contributed by atoms with van der Waals surface area (Å²) in [5.74, 6) is 1.99. The quantitative estimate of drug-likeness (QED) is 0.397. The molecule has 0 unspecified atom stereocenters. The van der Waals surface area contributed by atoms with Crippen molar-refractivity contribution < 1.29 is 9.21 Å². The Bertz CT molecular complexity index is 1160. The second-order valence-corrected chi connectivity index (χ2v) is 7.90. The first kappa shape index (κ1) is 21.6. The van der Waals surface area contributed by atoms with Crippen molar-refractivity contribution >= 4 is 22.6 Å². The van der Waals surface area contributed by atoms with Gasteiger partial charge in [-0.05, 0) is 43.2 Å². The van der Waals surface area contributed by atoms with E-state index in [1.165, 1.54) is 0 Å². The number of aromatic nitrogens is 2. The largest absolute Gasteiger partial charge is 0.461 e. The summed E-state index contributed by atoms with van der Waals surface area (Å²) in [6.45, 7) is 5.26. The number of fused-ring (bicyclic) bond motifs is 1. The minimum Gasteiger partial charge on any atom is -0.461 e. The smallest absolute Gasteiger partial charge is 0.221 e. The van der Waals surface area contributed by atoms with Crippen molar-refractivity contribution in [3.63, 3.8) is 0 Å². The third-order valence-electron chi connectivity index (χ3n) is 5.47. The van der Waals surface area contributed by atoms with E-state index in [0.29, 0.717) is 31.1 Å². The van der Waals surface area contributed by atoms with E-state index in [4.69, 9.17) is 14.4 Å². The maximum atomic E-state index is 12.5. The van der Waals surface area contributed by atoms with E-state index in [-0.39, 0.29) is 11.9 Å². The zero-order valence-electron chi connectivity index (χ0n) is 18.5. The number of amides is 1. The SMILES string of the molecule is CC[C@H](C)NC(=O)CCN(Cc1ccccc1)c1nc(-c2ccco2)nc2ccccc12. The summed E-state index contributed by atoms with van der Waals surface area (Å²) in [4.78, 5) is 24.3. The lowest BCUT2D eigenvalue weighted by Gasteiger charge is -2.25. The van der Waals surface area contributed by atoms with Gasteiger partial charge in [-0.25, -0.2) is 9.97 Å². The van der Waals surface area contributed by atoms with Crippen LogP contribution in [0.2, 0.25) is 0 Å². The fourth-order valence-corrected chi connectivity index (χ4v) is 3.57. The van der Waals surface area contributed by atoms with Gasteiger partial charge in [0.05, 0.1) is 11.8 Å². The highest BCUT2D eigenvalue weighted by molar-refractivity contribution is 5.91. The van der Waals surface area contributed by atoms with Crippen molar-refractivity contribution in [2.45, 2.75) is 39.3 Å². The fraction of sp³-hybridized carbons (Fsp3) is 0.269. The van der Waals surface area contributed by atoms with Gasteiger partial charge in [-0.15, -0.1) is 0 Å². The molecule has 0 radical (unpaired) electrons. The molecule has 2 heterocycles. The van der Waals surface area contributed by atoms with Gasteiger partial charge in [0.15, 0.2) is 11.6 Å². The van der Waals surface area contributed by atoms with Gasteiger partial charge in [0.1, 0.15) is 5.82 Å². The molecule has 4 aromatic rings. The maximum absolute atomic E-state index is 12.5. The standard InChI is InChI=1S/C26H28N4O2/c1-3-19(2)27-24(31)15-16-30(18-20-10-5-4-6-11-20)26-21-12-7-8-13-22(21)28-25(29-26)23-14-9-17-32-23/h4-14,17,19H,3,15-16,18H2,1-2H3,(H,27,31)/t19-/m0/s1. The maximum Gasteiger partial charge on any atom is 0.221 e. The van der Waals surface area contributed by atoms with Crippen LogP contribution in [-0.2, 0) is 11.3 Å². The van der Waals surface area contributed by atoms with Crippen LogP contribution in [0.15, 0.2) is 77.4 Å². The molecule has 6 nitrogen and oxygen atoms in total. The minimum absolute atomic E-state index is 0.0435. The van der Waals surface area contributed by atoms with Crippen LogP contribution in [0.1, 0.15) is 32.3 Å². The van der Waals surface area contributed by atoms with Crippen LogP contribution in [0.5, 0.6) is 0 Å². The Hall–Kier alpha value is -3.67. The van der Waals surface area contributed by atoms with Crippen LogP contribution in [0.25, 0.3) is 22.5 Å². The lowest BCUT2D eigenvalue weighted by Crippen LogP contribution is -2.35. The molecule has 0 aliphatic rings. The predicted molar refractivity (Wildman–Crippen MR) is 127 cm³/mol. The van der Waals surface area contributed by atoms with Crippen LogP contribution in [0.3, 0.4) is 0 Å². The number of carbonyl (C=O) groups is 1. The van der Waals surface area contributed by atoms with Crippen LogP contribution < -0.4 is 10.2 Å². The third-order valence-corrected chi connectivity index (χ3v) is 5.47. The molecule has 32 heavy (non-hydrogen) atoms. The van der Waals surface area contributed by atoms with E-state index >= 15 is 0 Å². The minimum atomic E-state index is 0.0435. The number of benzene rings is 2. The zero-order valence-corrected chi connectivity index (χ0v) is 18.5. The Morgan fingerprint density at radius 2 is 1.81 bits per heavy atom. The molecule has 6 heteroatoms. The molecule has 1 amide bonds. The number of nitrogens with one attached hydrogen (secondary N) is 1. The number of anilines is 1. The van der Waals surface area contributed by atoms with Crippen molar-refractivity contribution in [3.8, 4) is 11.6 Å². The number of nitrogens with zero attached hydrogens (tertiary/aromatic N) is 3. The van der Waals surface area contributed by atoms with E-state index in [1.807, 2.05) is 61.5 Å². The van der Waals surface area contributed by atoms with Gasteiger partial charge in [0, 0.05) is 30.9 Å². The Kier molecular flexibility index (Phi) is 6.80. The Balaban J connectivity index is 1.71. The highest BCUT2D eigenvalue weighted by atomic mass is 16.3. The van der Waals surface area contributed by atoms with E-state index < -0.39 is 0 Å². The molecule has 0 aliphatic carbocycles. The van der Waals surface area contributed by atoms with Crippen LogP contribution in [0.4, 0.5) is 5.82 Å². The van der Waals surface area contributed by atoms with Crippen molar-refractivity contribution in [2.75, 3.05) is 11.4 Å². The van der Waals surface area contributed by atoms with Crippen LogP contribution >= 0.6 is 0 Å². The summed E-state index contributed by atoms with van der Waals surface area (Å²) in [5.41, 5.74) is 1.99. The summed E-state index contributed by atoms with van der Waals surface area (Å²) in [6, 6.07) is 22.0. The summed E-state index contributed by atoms with van der Waals surface area (Å²) < 4.78 is 5.57. The second kappa shape index (κ2) is 10.1. The lowest BCUT2D eigenvalue weighted by atomic mass is 10.1. The molecule has 2 aromatic heterocycles. The average Bonchev–Trinajstić information content (AvgIpc) is 3.37. The molecule has 2 aromatic carbocycles. The summed E-state index contributed by atoms with van der Waals surface area (Å²) in [7, 11) is 0. The van der Waals surface area contributed by atoms with Gasteiger partial charge in [-0.2, -0.15) is 0 Å². The average molecular weight is 429 g/mol. The van der Waals surface area contributed by atoms with Gasteiger partial charge in [0.25, 0.3) is 0 Å². The van der Waals surface area contributed by atoms with Gasteiger partial charge in [-0.1, -0.05) is 49.4 Å². The molecular formula is C26H28N4O2. The number of hydrogen-bond donors (Lipinski definition) is 1. The monoisotopic (exact) mass is 428 g/mol. The second-order valence-electron chi connectivity index (χ2n) is 7.90. The molecule has 1 atom stereocenters. The third kappa shape index (κ3) is 5.14. The summed E-state index contributed by atoms with van der Waals surface area (Å²) in [5, 5.41) is 4.00. The molecular weight excluding hydrogens is 400 g/mol. The highest BCUT2D eigenvalue weighted by Gasteiger charge is 2.18. The van der Waals surface area contributed by atoms with Crippen molar-refractivity contribution in [3.05, 3.63) is 78.6 Å². The summed E-state index contributed by atoms with van der Waals surface area (Å²) in [6.07, 6.45) is 2.91. The normalized spacial score (nSPS) is 11.9. The van der Waals surface area contributed by atoms with Crippen molar-refractivity contribution in [1.29, 1.82) is 0 Å². The van der Waals surface area contributed by atoms with Crippen molar-refractivity contribution in [1.82, 2.24) is 15.3 Å². The van der Waals surface area contributed by atoms with Gasteiger partial charge < -0.3 is 14.6 Å². The fourth-order valence-electron chi connectivity index (χ4n) is 3.57. The first-order valence-electron chi connectivity index (χ1n) is 11.0. The Morgan fingerprint density at radius 1 is 1.03 bits per heavy atom. The number of furan rings is 1. The predicted octanol–water partition coefficient (Wildman–Crippen LogP) is 5.20. The molecule has 0 saturated heterocycles. The zero-order chi connectivity index (χ0) is 22.3. The van der Waals surface area contributed by atoms with Crippen molar-refractivity contribution in [2.24, 2.45) is 0 Å². The van der Waals surface area contributed by atoms with Gasteiger partial charge >= 0.3 is 0 Å². The van der Waals surface area contributed by atoms with Crippen LogP contribution in [0, 0.1) is 0 Å². The topological polar surface area (TPSA) is 71.3 Å². The molecule has 0 saturated carbocycles. The Labute approximate surface area is 188 Å². The number of para-hydroxylation sites is 1. The van der Waals surface area contributed by atoms with Crippen LogP contribution in [-0.4, -0.2) is 28.5 Å². The molecule has 1 N–H and O–H groups in total. The summed E-state index contributed by atoms with van der Waals surface area (Å²) >= 11 is 0. The van der Waals surface area contributed by atoms with E-state index in [2.05, 4.69) is 29.3 Å². The number of carbonyl (C=O) groups excluding carboxylic acids is 1. The van der Waals surface area contributed by atoms with E-state index in [0.717, 1.165) is 28.7 Å². The number of hydrogen-bond acceptors (Lipinski definition) is 5. The highest BCUT2D eigenvalue weighted by Crippen LogP contribution is 2.29. The van der Waals surface area contributed by atoms with E-state index in [9.17, 15) is 4.79 Å². The molecule has 0 spiro atoms. The Morgan fingerprint density at radius 3 is 2.56 bits per heavy atom. The van der Waals surface area contributed by atoms with Gasteiger partial charge in [0.2, 0.25) is 5.91 Å². The molecule has 0 aliphatic heterocycles. The molecule has 0 fully saturated rings. The lowest BCUT2D eigenvalue weighted by molar-refractivity contribution is -0.121.